The van der Waals surface area contributed by atoms with E-state index in [1.54, 1.807) is 23.1 Å². The van der Waals surface area contributed by atoms with Gasteiger partial charge in [0.05, 0.1) is 17.9 Å². The van der Waals surface area contributed by atoms with Crippen molar-refractivity contribution in [3.8, 4) is 10.6 Å². The third-order valence-corrected chi connectivity index (χ3v) is 5.00. The largest absolute Gasteiger partial charge is 0.345 e. The van der Waals surface area contributed by atoms with Crippen molar-refractivity contribution in [3.05, 3.63) is 57.3 Å². The molecule has 0 atom stereocenters. The maximum Gasteiger partial charge on any atom is 0.270 e. The lowest BCUT2D eigenvalue weighted by Crippen LogP contribution is -2.26. The molecule has 0 radical (unpaired) electrons. The van der Waals surface area contributed by atoms with Gasteiger partial charge in [-0.1, -0.05) is 23.7 Å². The average molecular weight is 361 g/mol. The minimum atomic E-state index is -0.142. The molecule has 0 aliphatic rings. The molecule has 0 fully saturated rings. The highest BCUT2D eigenvalue weighted by atomic mass is 35.5. The van der Waals surface area contributed by atoms with Crippen LogP contribution >= 0.6 is 22.9 Å². The van der Waals surface area contributed by atoms with Crippen LogP contribution in [0.5, 0.6) is 0 Å². The van der Waals surface area contributed by atoms with Gasteiger partial charge < -0.3 is 5.32 Å². The number of aromatic nitrogens is 3. The molecule has 0 bridgehead atoms. The number of carbonyl (C=O) groups is 1. The lowest BCUT2D eigenvalue weighted by molar-refractivity contribution is 0.0940. The van der Waals surface area contributed by atoms with Crippen molar-refractivity contribution in [1.29, 1.82) is 0 Å². The minimum Gasteiger partial charge on any atom is -0.345 e. The van der Waals surface area contributed by atoms with Gasteiger partial charge in [-0.15, -0.1) is 11.3 Å². The van der Waals surface area contributed by atoms with Crippen LogP contribution in [0.15, 0.2) is 29.6 Å². The molecule has 2 aromatic heterocycles. The number of nitrogens with zero attached hydrogens (tertiary/aromatic N) is 3. The molecule has 124 valence electrons. The Morgan fingerprint density at radius 3 is 2.62 bits per heavy atom. The third-order valence-electron chi connectivity index (χ3n) is 3.81. The quantitative estimate of drug-likeness (QED) is 0.770. The predicted molar refractivity (Wildman–Crippen MR) is 96.4 cm³/mol. The van der Waals surface area contributed by atoms with E-state index >= 15 is 0 Å². The summed E-state index contributed by atoms with van der Waals surface area (Å²) in [6.07, 6.45) is 0. The molecule has 0 saturated carbocycles. The first kappa shape index (κ1) is 16.7. The fraction of sp³-hybridized carbons (Fsp3) is 0.235. The summed E-state index contributed by atoms with van der Waals surface area (Å²) in [4.78, 5) is 16.9. The summed E-state index contributed by atoms with van der Waals surface area (Å²) in [6.45, 7) is 4.18. The second kappa shape index (κ2) is 6.75. The second-order valence-corrected chi connectivity index (χ2v) is 6.81. The van der Waals surface area contributed by atoms with E-state index in [4.69, 9.17) is 11.6 Å². The molecule has 1 N–H and O–H groups in total. The maximum absolute atomic E-state index is 12.4. The van der Waals surface area contributed by atoms with Crippen molar-refractivity contribution in [2.75, 3.05) is 0 Å². The standard InChI is InChI=1S/C17H17ClN4OS/c1-10-11(2)21-22(3)15(10)16(23)19-8-14-9-24-17(20-14)12-4-6-13(18)7-5-12/h4-7,9H,8H2,1-3H3,(H,19,23). The fourth-order valence-corrected chi connectivity index (χ4v) is 3.40. The summed E-state index contributed by atoms with van der Waals surface area (Å²) in [5.74, 6) is -0.142. The Balaban J connectivity index is 1.69. The van der Waals surface area contributed by atoms with Crippen LogP contribution in [0, 0.1) is 13.8 Å². The van der Waals surface area contributed by atoms with Crippen LogP contribution in [0.4, 0.5) is 0 Å². The number of hydrogen-bond donors (Lipinski definition) is 1. The van der Waals surface area contributed by atoms with Gasteiger partial charge >= 0.3 is 0 Å². The van der Waals surface area contributed by atoms with Crippen LogP contribution in [-0.2, 0) is 13.6 Å². The molecule has 0 aliphatic heterocycles. The van der Waals surface area contributed by atoms with Crippen molar-refractivity contribution >= 4 is 28.8 Å². The molecule has 0 aliphatic carbocycles. The summed E-state index contributed by atoms with van der Waals surface area (Å²) >= 11 is 7.45. The van der Waals surface area contributed by atoms with Crippen molar-refractivity contribution in [3.63, 3.8) is 0 Å². The number of amides is 1. The monoisotopic (exact) mass is 360 g/mol. The van der Waals surface area contributed by atoms with E-state index in [9.17, 15) is 4.79 Å². The lowest BCUT2D eigenvalue weighted by Gasteiger charge is -2.05. The molecule has 3 aromatic rings. The Hall–Kier alpha value is -2.18. The summed E-state index contributed by atoms with van der Waals surface area (Å²) in [5.41, 5.74) is 4.19. The average Bonchev–Trinajstić information content (AvgIpc) is 3.11. The molecule has 1 aromatic carbocycles. The minimum absolute atomic E-state index is 0.142. The number of hydrogen-bond acceptors (Lipinski definition) is 4. The number of carbonyl (C=O) groups excluding carboxylic acids is 1. The lowest BCUT2D eigenvalue weighted by atomic mass is 10.2. The first-order chi connectivity index (χ1) is 11.5. The van der Waals surface area contributed by atoms with Crippen molar-refractivity contribution in [2.24, 2.45) is 7.05 Å². The van der Waals surface area contributed by atoms with Crippen LogP contribution in [0.1, 0.15) is 27.4 Å². The van der Waals surface area contributed by atoms with Crippen molar-refractivity contribution < 1.29 is 4.79 Å². The number of benzene rings is 1. The molecule has 24 heavy (non-hydrogen) atoms. The molecule has 0 spiro atoms. The Morgan fingerprint density at radius 2 is 2.00 bits per heavy atom. The van der Waals surface area contributed by atoms with Gasteiger partial charge in [0, 0.05) is 28.6 Å². The SMILES string of the molecule is Cc1nn(C)c(C(=O)NCc2csc(-c3ccc(Cl)cc3)n2)c1C. The van der Waals surface area contributed by atoms with Crippen molar-refractivity contribution in [2.45, 2.75) is 20.4 Å². The number of halogens is 1. The Kier molecular flexibility index (Phi) is 4.69. The van der Waals surface area contributed by atoms with E-state index in [2.05, 4.69) is 15.4 Å². The molecule has 0 saturated heterocycles. The van der Waals surface area contributed by atoms with E-state index in [1.165, 1.54) is 0 Å². The zero-order chi connectivity index (χ0) is 17.3. The fourth-order valence-electron chi connectivity index (χ4n) is 2.45. The van der Waals surface area contributed by atoms with Crippen molar-refractivity contribution in [1.82, 2.24) is 20.1 Å². The number of thiazole rings is 1. The summed E-state index contributed by atoms with van der Waals surface area (Å²) in [6, 6.07) is 7.55. The normalized spacial score (nSPS) is 10.8. The van der Waals surface area contributed by atoms with Gasteiger partial charge in [0.15, 0.2) is 0 Å². The van der Waals surface area contributed by atoms with Gasteiger partial charge in [0.25, 0.3) is 5.91 Å². The van der Waals surface area contributed by atoms with Gasteiger partial charge in [0.1, 0.15) is 10.7 Å². The molecule has 1 amide bonds. The van der Waals surface area contributed by atoms with Gasteiger partial charge in [-0.25, -0.2) is 4.98 Å². The van der Waals surface area contributed by atoms with E-state index in [1.807, 2.05) is 43.5 Å². The van der Waals surface area contributed by atoms with E-state index < -0.39 is 0 Å². The number of nitrogens with one attached hydrogen (secondary N) is 1. The summed E-state index contributed by atoms with van der Waals surface area (Å²) in [5, 5.41) is 10.7. The van der Waals surface area contributed by atoms with E-state index in [0.717, 1.165) is 27.5 Å². The van der Waals surface area contributed by atoms with E-state index in [-0.39, 0.29) is 5.91 Å². The Labute approximate surface area is 149 Å². The summed E-state index contributed by atoms with van der Waals surface area (Å²) < 4.78 is 1.61. The molecular formula is C17H17ClN4OS. The van der Waals surface area contributed by atoms with Crippen LogP contribution in [0.2, 0.25) is 5.02 Å². The highest BCUT2D eigenvalue weighted by Gasteiger charge is 2.17. The van der Waals surface area contributed by atoms with Crippen LogP contribution in [-0.4, -0.2) is 20.7 Å². The topological polar surface area (TPSA) is 59.8 Å². The number of rotatable bonds is 4. The zero-order valence-corrected chi connectivity index (χ0v) is 15.2. The van der Waals surface area contributed by atoms with Crippen LogP contribution < -0.4 is 5.32 Å². The molecule has 7 heteroatoms. The van der Waals surface area contributed by atoms with Gasteiger partial charge in [-0.2, -0.15) is 5.10 Å². The van der Waals surface area contributed by atoms with Crippen LogP contribution in [0.25, 0.3) is 10.6 Å². The Bertz CT molecular complexity index is 883. The molecular weight excluding hydrogens is 344 g/mol. The second-order valence-electron chi connectivity index (χ2n) is 5.52. The highest BCUT2D eigenvalue weighted by Crippen LogP contribution is 2.25. The third kappa shape index (κ3) is 3.34. The number of aryl methyl sites for hydroxylation is 2. The van der Waals surface area contributed by atoms with E-state index in [0.29, 0.717) is 17.3 Å². The first-order valence-electron chi connectivity index (χ1n) is 7.44. The maximum atomic E-state index is 12.4. The highest BCUT2D eigenvalue weighted by molar-refractivity contribution is 7.13. The molecule has 3 rings (SSSR count). The zero-order valence-electron chi connectivity index (χ0n) is 13.6. The predicted octanol–water partition coefficient (Wildman–Crippen LogP) is 3.74. The molecule has 2 heterocycles. The van der Waals surface area contributed by atoms with Gasteiger partial charge in [-0.05, 0) is 26.0 Å². The summed E-state index contributed by atoms with van der Waals surface area (Å²) in [7, 11) is 1.77. The Morgan fingerprint density at radius 1 is 1.29 bits per heavy atom. The first-order valence-corrected chi connectivity index (χ1v) is 8.70. The van der Waals surface area contributed by atoms with Crippen LogP contribution in [0.3, 0.4) is 0 Å². The smallest absolute Gasteiger partial charge is 0.270 e. The molecule has 0 unspecified atom stereocenters. The van der Waals surface area contributed by atoms with Gasteiger partial charge in [-0.3, -0.25) is 9.48 Å². The molecule has 5 nitrogen and oxygen atoms in total. The van der Waals surface area contributed by atoms with Gasteiger partial charge in [0.2, 0.25) is 0 Å².